The van der Waals surface area contributed by atoms with E-state index in [1.54, 1.807) is 7.05 Å². The molecule has 1 fully saturated rings. The third kappa shape index (κ3) is 7.16. The van der Waals surface area contributed by atoms with Crippen LogP contribution in [0.4, 0.5) is 5.69 Å². The smallest absolute Gasteiger partial charge is 0.191 e. The lowest BCUT2D eigenvalue weighted by molar-refractivity contribution is 0.265. The molecule has 1 aliphatic rings. The fourth-order valence-electron chi connectivity index (χ4n) is 3.73. The number of aliphatic hydroxyl groups is 1. The van der Waals surface area contributed by atoms with Crippen LogP contribution in [0.5, 0.6) is 0 Å². The summed E-state index contributed by atoms with van der Waals surface area (Å²) in [4.78, 5) is 6.79. The van der Waals surface area contributed by atoms with Crippen molar-refractivity contribution in [1.29, 1.82) is 0 Å². The van der Waals surface area contributed by atoms with Crippen molar-refractivity contribution in [2.75, 3.05) is 38.2 Å². The van der Waals surface area contributed by atoms with Gasteiger partial charge in [0.05, 0.1) is 6.61 Å². The molecule has 1 unspecified atom stereocenters. The number of halogens is 1. The Kier molecular flexibility index (Phi) is 10.4. The number of nitrogens with one attached hydrogen (secondary N) is 2. The Morgan fingerprint density at radius 2 is 1.73 bits per heavy atom. The van der Waals surface area contributed by atoms with E-state index in [4.69, 9.17) is 0 Å². The lowest BCUT2D eigenvalue weighted by Gasteiger charge is -2.32. The van der Waals surface area contributed by atoms with E-state index in [1.807, 2.05) is 30.3 Å². The van der Waals surface area contributed by atoms with Gasteiger partial charge < -0.3 is 20.6 Å². The van der Waals surface area contributed by atoms with Crippen LogP contribution in [-0.4, -0.2) is 44.4 Å². The summed E-state index contributed by atoms with van der Waals surface area (Å²) in [6.45, 7) is 6.10. The highest BCUT2D eigenvalue weighted by Crippen LogP contribution is 2.23. The third-order valence-electron chi connectivity index (χ3n) is 5.78. The number of nitrogens with zero attached hydrogens (tertiary/aromatic N) is 2. The van der Waals surface area contributed by atoms with Crippen molar-refractivity contribution in [2.45, 2.75) is 32.2 Å². The van der Waals surface area contributed by atoms with E-state index in [2.05, 4.69) is 51.7 Å². The van der Waals surface area contributed by atoms with Gasteiger partial charge in [-0.15, -0.1) is 24.0 Å². The zero-order chi connectivity index (χ0) is 20.5. The van der Waals surface area contributed by atoms with Crippen molar-refractivity contribution in [3.8, 4) is 0 Å². The number of aliphatic hydroxyl groups excluding tert-OH is 1. The normalized spacial score (nSPS) is 16.0. The molecule has 1 atom stereocenters. The van der Waals surface area contributed by atoms with Crippen molar-refractivity contribution >= 4 is 35.6 Å². The lowest BCUT2D eigenvalue weighted by Crippen LogP contribution is -2.39. The van der Waals surface area contributed by atoms with E-state index in [-0.39, 0.29) is 36.5 Å². The minimum absolute atomic E-state index is 0. The van der Waals surface area contributed by atoms with Crippen LogP contribution in [0, 0.1) is 5.92 Å². The van der Waals surface area contributed by atoms with Crippen LogP contribution in [0.3, 0.4) is 0 Å². The average molecular weight is 522 g/mol. The maximum Gasteiger partial charge on any atom is 0.191 e. The molecular weight excluding hydrogens is 487 g/mol. The molecule has 5 nitrogen and oxygen atoms in total. The summed E-state index contributed by atoms with van der Waals surface area (Å²) < 4.78 is 0. The molecule has 1 aliphatic heterocycles. The van der Waals surface area contributed by atoms with Crippen LogP contribution < -0.4 is 15.5 Å². The van der Waals surface area contributed by atoms with Crippen LogP contribution in [0.25, 0.3) is 0 Å². The summed E-state index contributed by atoms with van der Waals surface area (Å²) in [5, 5.41) is 16.4. The largest absolute Gasteiger partial charge is 0.396 e. The van der Waals surface area contributed by atoms with E-state index in [9.17, 15) is 5.11 Å². The quantitative estimate of drug-likeness (QED) is 0.293. The number of hydrogen-bond donors (Lipinski definition) is 3. The van der Waals surface area contributed by atoms with Gasteiger partial charge in [-0.1, -0.05) is 49.4 Å². The van der Waals surface area contributed by atoms with E-state index in [0.29, 0.717) is 13.1 Å². The second-order valence-electron chi connectivity index (χ2n) is 7.93. The lowest BCUT2D eigenvalue weighted by atomic mass is 9.99. The molecule has 0 aromatic heterocycles. The second kappa shape index (κ2) is 12.8. The monoisotopic (exact) mass is 522 g/mol. The number of guanidine groups is 1. The molecule has 0 spiro atoms. The molecule has 1 heterocycles. The second-order valence-corrected chi connectivity index (χ2v) is 7.93. The van der Waals surface area contributed by atoms with Gasteiger partial charge in [0.1, 0.15) is 0 Å². The van der Waals surface area contributed by atoms with Crippen molar-refractivity contribution in [2.24, 2.45) is 10.9 Å². The molecular formula is C24H35IN4O. The third-order valence-corrected chi connectivity index (χ3v) is 5.78. The number of piperidine rings is 1. The summed E-state index contributed by atoms with van der Waals surface area (Å²) in [5.41, 5.74) is 3.67. The van der Waals surface area contributed by atoms with Crippen molar-refractivity contribution in [3.63, 3.8) is 0 Å². The standard InChI is InChI=1S/C24H34N4O.HI/c1-19-12-14-28(15-13-19)23-10-8-20(9-11-23)16-26-24(25-2)27-17-22(18-29)21-6-4-3-5-7-21;/h3-11,19,22,29H,12-18H2,1-2H3,(H2,25,26,27);1H. The Labute approximate surface area is 198 Å². The Balaban J connectivity index is 0.00000320. The van der Waals surface area contributed by atoms with E-state index in [0.717, 1.165) is 30.5 Å². The summed E-state index contributed by atoms with van der Waals surface area (Å²) in [6, 6.07) is 18.9. The van der Waals surface area contributed by atoms with Gasteiger partial charge in [-0.25, -0.2) is 0 Å². The Morgan fingerprint density at radius 3 is 2.33 bits per heavy atom. The number of aliphatic imine (C=N–C) groups is 1. The predicted molar refractivity (Wildman–Crippen MR) is 137 cm³/mol. The van der Waals surface area contributed by atoms with Gasteiger partial charge in [0.25, 0.3) is 0 Å². The van der Waals surface area contributed by atoms with Crippen LogP contribution in [0.1, 0.15) is 36.8 Å². The van der Waals surface area contributed by atoms with Crippen LogP contribution >= 0.6 is 24.0 Å². The maximum atomic E-state index is 9.72. The average Bonchev–Trinajstić information content (AvgIpc) is 2.78. The predicted octanol–water partition coefficient (Wildman–Crippen LogP) is 3.98. The van der Waals surface area contributed by atoms with Crippen LogP contribution in [0.15, 0.2) is 59.6 Å². The Bertz CT molecular complexity index is 759. The first kappa shape index (κ1) is 24.5. The first-order valence-electron chi connectivity index (χ1n) is 10.6. The Morgan fingerprint density at radius 1 is 1.07 bits per heavy atom. The molecule has 0 radical (unpaired) electrons. The van der Waals surface area contributed by atoms with Crippen LogP contribution in [0.2, 0.25) is 0 Å². The fraction of sp³-hybridized carbons (Fsp3) is 0.458. The molecule has 0 bridgehead atoms. The van der Waals surface area contributed by atoms with Crippen LogP contribution in [-0.2, 0) is 6.54 Å². The van der Waals surface area contributed by atoms with Gasteiger partial charge in [-0.2, -0.15) is 0 Å². The molecule has 6 heteroatoms. The van der Waals surface area contributed by atoms with Crippen molar-refractivity contribution < 1.29 is 5.11 Å². The molecule has 0 amide bonds. The molecule has 0 saturated carbocycles. The summed E-state index contributed by atoms with van der Waals surface area (Å²) >= 11 is 0. The molecule has 0 aliphatic carbocycles. The van der Waals surface area contributed by atoms with Gasteiger partial charge in [-0.3, -0.25) is 4.99 Å². The first-order chi connectivity index (χ1) is 14.2. The van der Waals surface area contributed by atoms with Crippen molar-refractivity contribution in [1.82, 2.24) is 10.6 Å². The SMILES string of the molecule is CN=C(NCc1ccc(N2CCC(C)CC2)cc1)NCC(CO)c1ccccc1.I. The molecule has 1 saturated heterocycles. The van der Waals surface area contributed by atoms with Crippen molar-refractivity contribution in [3.05, 3.63) is 65.7 Å². The minimum atomic E-state index is 0. The zero-order valence-electron chi connectivity index (χ0n) is 18.1. The summed E-state index contributed by atoms with van der Waals surface area (Å²) in [5.74, 6) is 1.64. The maximum absolute atomic E-state index is 9.72. The molecule has 2 aromatic rings. The van der Waals surface area contributed by atoms with Gasteiger partial charge >= 0.3 is 0 Å². The van der Waals surface area contributed by atoms with Gasteiger partial charge in [0.15, 0.2) is 5.96 Å². The molecule has 3 rings (SSSR count). The van der Waals surface area contributed by atoms with Gasteiger partial charge in [0.2, 0.25) is 0 Å². The number of hydrogen-bond acceptors (Lipinski definition) is 3. The summed E-state index contributed by atoms with van der Waals surface area (Å²) in [7, 11) is 1.77. The number of benzene rings is 2. The summed E-state index contributed by atoms with van der Waals surface area (Å²) in [6.07, 6.45) is 2.56. The molecule has 30 heavy (non-hydrogen) atoms. The van der Waals surface area contributed by atoms with E-state index >= 15 is 0 Å². The highest BCUT2D eigenvalue weighted by Gasteiger charge is 2.16. The minimum Gasteiger partial charge on any atom is -0.396 e. The molecule has 164 valence electrons. The number of anilines is 1. The first-order valence-corrected chi connectivity index (χ1v) is 10.6. The Hall–Kier alpha value is -1.80. The van der Waals surface area contributed by atoms with Gasteiger partial charge in [0, 0.05) is 44.8 Å². The zero-order valence-corrected chi connectivity index (χ0v) is 20.4. The highest BCUT2D eigenvalue weighted by atomic mass is 127. The van der Waals surface area contributed by atoms with E-state index in [1.165, 1.54) is 24.1 Å². The molecule has 3 N–H and O–H groups in total. The topological polar surface area (TPSA) is 59.9 Å². The van der Waals surface area contributed by atoms with Gasteiger partial charge in [-0.05, 0) is 42.0 Å². The highest BCUT2D eigenvalue weighted by molar-refractivity contribution is 14.0. The fourth-order valence-corrected chi connectivity index (χ4v) is 3.73. The molecule has 2 aromatic carbocycles. The van der Waals surface area contributed by atoms with E-state index < -0.39 is 0 Å². The number of rotatable bonds is 7.